The van der Waals surface area contributed by atoms with Crippen LogP contribution in [0.3, 0.4) is 0 Å². The van der Waals surface area contributed by atoms with Crippen molar-refractivity contribution in [2.45, 2.75) is 0 Å². The van der Waals surface area contributed by atoms with Gasteiger partial charge in [0.25, 0.3) is 5.91 Å². The third kappa shape index (κ3) is 3.24. The number of halogens is 1. The fraction of sp³-hybridized carbons (Fsp3) is 0. The Hall–Kier alpha value is -2.98. The van der Waals surface area contributed by atoms with E-state index in [0.717, 1.165) is 26.6 Å². The smallest absolute Gasteiger partial charge is 0.256 e. The molecule has 4 aromatic rings. The molecule has 4 rings (SSSR count). The van der Waals surface area contributed by atoms with Gasteiger partial charge in [-0.05, 0) is 35.9 Å². The summed E-state index contributed by atoms with van der Waals surface area (Å²) in [7, 11) is 0. The van der Waals surface area contributed by atoms with E-state index in [2.05, 4.69) is 20.9 Å². The van der Waals surface area contributed by atoms with Crippen LogP contribution in [0.25, 0.3) is 28.5 Å². The monoisotopic (exact) mass is 402 g/mol. The second-order valence-corrected chi connectivity index (χ2v) is 6.77. The summed E-state index contributed by atoms with van der Waals surface area (Å²) < 4.78 is 2.61. The molecule has 0 aliphatic heterocycles. The van der Waals surface area contributed by atoms with E-state index in [0.29, 0.717) is 5.82 Å². The van der Waals surface area contributed by atoms with E-state index in [1.807, 2.05) is 84.9 Å². The van der Waals surface area contributed by atoms with Crippen LogP contribution in [0.5, 0.6) is 0 Å². The molecule has 0 fully saturated rings. The average molecular weight is 403 g/mol. The Kier molecular flexibility index (Phi) is 4.50. The van der Waals surface area contributed by atoms with Gasteiger partial charge in [-0.3, -0.25) is 9.36 Å². The van der Waals surface area contributed by atoms with Gasteiger partial charge in [0.15, 0.2) is 0 Å². The molecule has 0 radical (unpaired) electrons. The number of hydrogen-bond donors (Lipinski definition) is 0. The van der Waals surface area contributed by atoms with Gasteiger partial charge in [0.2, 0.25) is 0 Å². The zero-order valence-corrected chi connectivity index (χ0v) is 15.4. The van der Waals surface area contributed by atoms with E-state index in [4.69, 9.17) is 0 Å². The number of allylic oxidation sites excluding steroid dienone is 1. The second kappa shape index (κ2) is 7.10. The van der Waals surface area contributed by atoms with Gasteiger partial charge in [0.1, 0.15) is 5.82 Å². The van der Waals surface area contributed by atoms with Gasteiger partial charge in [-0.2, -0.15) is 0 Å². The number of carbonyl (C=O) groups is 1. The number of aromatic nitrogens is 2. The largest absolute Gasteiger partial charge is 0.269 e. The fourth-order valence-electron chi connectivity index (χ4n) is 2.88. The molecule has 0 amide bonds. The predicted molar refractivity (Wildman–Crippen MR) is 109 cm³/mol. The number of carbonyl (C=O) groups excluding carboxylic acids is 1. The SMILES string of the molecule is O=C(/C=C/c1ccccc1)n1c(-c2cccc(Br)c2)nc2ccccc21. The molecule has 0 saturated carbocycles. The summed E-state index contributed by atoms with van der Waals surface area (Å²) in [5.74, 6) is 0.507. The van der Waals surface area contributed by atoms with Gasteiger partial charge < -0.3 is 0 Å². The summed E-state index contributed by atoms with van der Waals surface area (Å²) in [6, 6.07) is 25.3. The lowest BCUT2D eigenvalue weighted by atomic mass is 10.2. The minimum absolute atomic E-state index is 0.127. The van der Waals surface area contributed by atoms with Crippen LogP contribution in [0.15, 0.2) is 89.4 Å². The van der Waals surface area contributed by atoms with E-state index < -0.39 is 0 Å². The first-order valence-corrected chi connectivity index (χ1v) is 9.02. The van der Waals surface area contributed by atoms with E-state index >= 15 is 0 Å². The van der Waals surface area contributed by atoms with Gasteiger partial charge in [0.05, 0.1) is 11.0 Å². The first-order valence-electron chi connectivity index (χ1n) is 8.23. The van der Waals surface area contributed by atoms with Crippen LogP contribution < -0.4 is 0 Å². The first-order chi connectivity index (χ1) is 12.7. The summed E-state index contributed by atoms with van der Waals surface area (Å²) >= 11 is 3.49. The van der Waals surface area contributed by atoms with Crippen molar-refractivity contribution in [1.29, 1.82) is 0 Å². The van der Waals surface area contributed by atoms with Crippen molar-refractivity contribution in [3.63, 3.8) is 0 Å². The molecule has 1 heterocycles. The highest BCUT2D eigenvalue weighted by Gasteiger charge is 2.16. The number of benzene rings is 3. The molecule has 0 bridgehead atoms. The molecule has 126 valence electrons. The molecule has 4 heteroatoms. The Balaban J connectivity index is 1.84. The molecule has 3 aromatic carbocycles. The van der Waals surface area contributed by atoms with Crippen molar-refractivity contribution in [2.24, 2.45) is 0 Å². The summed E-state index contributed by atoms with van der Waals surface area (Å²) in [6.07, 6.45) is 3.41. The predicted octanol–water partition coefficient (Wildman–Crippen LogP) is 5.82. The minimum atomic E-state index is -0.127. The third-order valence-electron chi connectivity index (χ3n) is 4.08. The maximum atomic E-state index is 13.0. The average Bonchev–Trinajstić information content (AvgIpc) is 3.07. The number of fused-ring (bicyclic) bond motifs is 1. The van der Waals surface area contributed by atoms with Gasteiger partial charge >= 0.3 is 0 Å². The zero-order chi connectivity index (χ0) is 17.9. The maximum Gasteiger partial charge on any atom is 0.256 e. The van der Waals surface area contributed by atoms with Gasteiger partial charge in [0, 0.05) is 16.1 Å². The number of hydrogen-bond acceptors (Lipinski definition) is 2. The van der Waals surface area contributed by atoms with Crippen LogP contribution in [0.1, 0.15) is 10.4 Å². The van der Waals surface area contributed by atoms with Crippen LogP contribution in [-0.4, -0.2) is 15.5 Å². The lowest BCUT2D eigenvalue weighted by Gasteiger charge is -2.06. The summed E-state index contributed by atoms with van der Waals surface area (Å²) in [6.45, 7) is 0. The van der Waals surface area contributed by atoms with E-state index in [9.17, 15) is 4.79 Å². The molecule has 0 unspecified atom stereocenters. The lowest BCUT2D eigenvalue weighted by molar-refractivity contribution is 0.0976. The minimum Gasteiger partial charge on any atom is -0.269 e. The lowest BCUT2D eigenvalue weighted by Crippen LogP contribution is -2.09. The van der Waals surface area contributed by atoms with E-state index in [1.54, 1.807) is 10.6 Å². The number of para-hydroxylation sites is 2. The normalized spacial score (nSPS) is 11.3. The van der Waals surface area contributed by atoms with Crippen LogP contribution in [0.2, 0.25) is 0 Å². The highest BCUT2D eigenvalue weighted by Crippen LogP contribution is 2.27. The van der Waals surface area contributed by atoms with Crippen molar-refractivity contribution >= 4 is 38.9 Å². The summed E-state index contributed by atoms with van der Waals surface area (Å²) in [4.78, 5) is 17.7. The van der Waals surface area contributed by atoms with Crippen LogP contribution in [0, 0.1) is 0 Å². The molecule has 0 atom stereocenters. The van der Waals surface area contributed by atoms with Crippen molar-refractivity contribution in [2.75, 3.05) is 0 Å². The van der Waals surface area contributed by atoms with E-state index in [1.165, 1.54) is 0 Å². The van der Waals surface area contributed by atoms with Crippen LogP contribution in [-0.2, 0) is 0 Å². The van der Waals surface area contributed by atoms with E-state index in [-0.39, 0.29) is 5.91 Å². The molecule has 0 spiro atoms. The van der Waals surface area contributed by atoms with Gasteiger partial charge in [-0.25, -0.2) is 4.98 Å². The molecule has 0 N–H and O–H groups in total. The molecular formula is C22H15BrN2O. The van der Waals surface area contributed by atoms with Crippen molar-refractivity contribution in [3.05, 3.63) is 95.0 Å². The maximum absolute atomic E-state index is 13.0. The first kappa shape index (κ1) is 16.5. The molecule has 0 aliphatic carbocycles. The molecule has 3 nitrogen and oxygen atoms in total. The Morgan fingerprint density at radius 2 is 1.69 bits per heavy atom. The van der Waals surface area contributed by atoms with Crippen molar-refractivity contribution in [1.82, 2.24) is 9.55 Å². The Labute approximate surface area is 159 Å². The standard InChI is InChI=1S/C22H15BrN2O/c23-18-10-6-9-17(15-18)22-24-19-11-4-5-12-20(19)25(22)21(26)14-13-16-7-2-1-3-8-16/h1-15H/b14-13+. The Morgan fingerprint density at radius 1 is 0.923 bits per heavy atom. The molecular weight excluding hydrogens is 388 g/mol. The van der Waals surface area contributed by atoms with Crippen molar-refractivity contribution in [3.8, 4) is 11.4 Å². The Bertz CT molecular complexity index is 1110. The highest BCUT2D eigenvalue weighted by atomic mass is 79.9. The molecule has 1 aromatic heterocycles. The summed E-state index contributed by atoms with van der Waals surface area (Å²) in [5, 5.41) is 0. The Morgan fingerprint density at radius 3 is 2.50 bits per heavy atom. The topological polar surface area (TPSA) is 34.9 Å². The fourth-order valence-corrected chi connectivity index (χ4v) is 3.28. The number of rotatable bonds is 3. The van der Waals surface area contributed by atoms with Gasteiger partial charge in [-0.15, -0.1) is 0 Å². The van der Waals surface area contributed by atoms with Crippen LogP contribution >= 0.6 is 15.9 Å². The summed E-state index contributed by atoms with van der Waals surface area (Å²) in [5.41, 5.74) is 3.46. The molecule has 0 aliphatic rings. The second-order valence-electron chi connectivity index (χ2n) is 5.85. The number of imidazole rings is 1. The molecule has 0 saturated heterocycles. The number of nitrogens with zero attached hydrogens (tertiary/aromatic N) is 2. The molecule has 26 heavy (non-hydrogen) atoms. The third-order valence-corrected chi connectivity index (χ3v) is 4.58. The highest BCUT2D eigenvalue weighted by molar-refractivity contribution is 9.10. The van der Waals surface area contributed by atoms with Gasteiger partial charge in [-0.1, -0.05) is 70.5 Å². The quantitative estimate of drug-likeness (QED) is 0.404. The van der Waals surface area contributed by atoms with Crippen molar-refractivity contribution < 1.29 is 4.79 Å². The zero-order valence-electron chi connectivity index (χ0n) is 13.8. The van der Waals surface area contributed by atoms with Crippen LogP contribution in [0.4, 0.5) is 0 Å².